The van der Waals surface area contributed by atoms with Gasteiger partial charge in [0.25, 0.3) is 0 Å². The van der Waals surface area contributed by atoms with Gasteiger partial charge in [-0.05, 0) is 44.9 Å². The van der Waals surface area contributed by atoms with E-state index < -0.39 is 11.7 Å². The normalized spacial score (nSPS) is 19.6. The van der Waals surface area contributed by atoms with E-state index in [4.69, 9.17) is 9.15 Å². The number of benzene rings is 1. The van der Waals surface area contributed by atoms with Crippen LogP contribution in [0.2, 0.25) is 0 Å². The third kappa shape index (κ3) is 3.25. The van der Waals surface area contributed by atoms with E-state index in [1.807, 2.05) is 6.92 Å². The Morgan fingerprint density at radius 3 is 2.44 bits per heavy atom. The fourth-order valence-electron chi connectivity index (χ4n) is 3.59. The highest BCUT2D eigenvalue weighted by Crippen LogP contribution is 2.39. The summed E-state index contributed by atoms with van der Waals surface area (Å²) in [6.07, 6.45) is 0.581. The molecule has 1 unspecified atom stereocenters. The number of aryl methyl sites for hydroxylation is 1. The van der Waals surface area contributed by atoms with Gasteiger partial charge in [-0.15, -0.1) is 0 Å². The molecular weight excluding hydrogens is 348 g/mol. The van der Waals surface area contributed by atoms with Crippen molar-refractivity contribution in [2.75, 3.05) is 0 Å². The van der Waals surface area contributed by atoms with Gasteiger partial charge in [0.05, 0.1) is 6.10 Å². The van der Waals surface area contributed by atoms with Crippen molar-refractivity contribution in [2.24, 2.45) is 0 Å². The number of aliphatic hydroxyl groups excluding tert-OH is 1. The number of phenols is 1. The quantitative estimate of drug-likeness (QED) is 0.802. The first-order valence-corrected chi connectivity index (χ1v) is 9.01. The van der Waals surface area contributed by atoms with Gasteiger partial charge in [0.1, 0.15) is 28.8 Å². The smallest absolute Gasteiger partial charge is 0.347 e. The lowest BCUT2D eigenvalue weighted by atomic mass is 9.87. The Kier molecular flexibility index (Phi) is 4.86. The molecule has 0 fully saturated rings. The summed E-state index contributed by atoms with van der Waals surface area (Å²) in [5.41, 5.74) is 1.56. The van der Waals surface area contributed by atoms with E-state index in [9.17, 15) is 19.8 Å². The number of allylic oxidation sites excluding steroid dienone is 1. The first-order valence-electron chi connectivity index (χ1n) is 9.01. The Hall–Kier alpha value is -2.60. The minimum absolute atomic E-state index is 0.0397. The van der Waals surface area contributed by atoms with Crippen molar-refractivity contribution >= 4 is 22.5 Å². The Labute approximate surface area is 157 Å². The number of ether oxygens (including phenoxy) is 1. The summed E-state index contributed by atoms with van der Waals surface area (Å²) < 4.78 is 11.2. The first kappa shape index (κ1) is 19.2. The Morgan fingerprint density at radius 1 is 1.19 bits per heavy atom. The van der Waals surface area contributed by atoms with Gasteiger partial charge in [-0.25, -0.2) is 4.79 Å². The molecule has 1 aromatic carbocycles. The maximum Gasteiger partial charge on any atom is 0.347 e. The zero-order valence-corrected chi connectivity index (χ0v) is 16.1. The fraction of sp³-hybridized carbons (Fsp3) is 0.429. The summed E-state index contributed by atoms with van der Waals surface area (Å²) in [4.78, 5) is 24.5. The number of phenolic OH excluding ortho intramolecular Hbond substituents is 1. The highest BCUT2D eigenvalue weighted by atomic mass is 16.5. The van der Waals surface area contributed by atoms with Gasteiger partial charge in [-0.1, -0.05) is 6.92 Å². The van der Waals surface area contributed by atoms with Crippen LogP contribution >= 0.6 is 0 Å². The van der Waals surface area contributed by atoms with Crippen molar-refractivity contribution in [2.45, 2.75) is 59.2 Å². The average Bonchev–Trinajstić information content (AvgIpc) is 2.59. The van der Waals surface area contributed by atoms with E-state index in [0.717, 1.165) is 0 Å². The Morgan fingerprint density at radius 2 is 1.85 bits per heavy atom. The molecule has 144 valence electrons. The molecule has 1 aromatic heterocycles. The van der Waals surface area contributed by atoms with Crippen molar-refractivity contribution in [1.29, 1.82) is 0 Å². The third-order valence-electron chi connectivity index (χ3n) is 5.25. The lowest BCUT2D eigenvalue weighted by Crippen LogP contribution is -2.21. The molecule has 0 radical (unpaired) electrons. The predicted octanol–water partition coefficient (Wildman–Crippen LogP) is 3.32. The molecule has 6 heteroatoms. The van der Waals surface area contributed by atoms with Crippen LogP contribution in [0.15, 0.2) is 21.4 Å². The van der Waals surface area contributed by atoms with E-state index in [0.29, 0.717) is 22.1 Å². The fourth-order valence-corrected chi connectivity index (χ4v) is 3.59. The van der Waals surface area contributed by atoms with E-state index in [1.165, 1.54) is 6.08 Å². The van der Waals surface area contributed by atoms with Gasteiger partial charge in [0.2, 0.25) is 0 Å². The molecule has 0 saturated heterocycles. The minimum Gasteiger partial charge on any atom is -0.507 e. The largest absolute Gasteiger partial charge is 0.507 e. The molecule has 3 atom stereocenters. The molecule has 0 bridgehead atoms. The zero-order valence-electron chi connectivity index (χ0n) is 16.1. The Bertz CT molecular complexity index is 1010. The van der Waals surface area contributed by atoms with Gasteiger partial charge in [0, 0.05) is 29.4 Å². The third-order valence-corrected chi connectivity index (χ3v) is 5.25. The minimum atomic E-state index is -0.670. The van der Waals surface area contributed by atoms with Gasteiger partial charge >= 0.3 is 5.63 Å². The topological polar surface area (TPSA) is 97.0 Å². The van der Waals surface area contributed by atoms with Crippen molar-refractivity contribution in [1.82, 2.24) is 0 Å². The van der Waals surface area contributed by atoms with Crippen LogP contribution in [0.5, 0.6) is 5.75 Å². The maximum atomic E-state index is 12.6. The molecule has 2 aromatic rings. The second kappa shape index (κ2) is 6.85. The number of fused-ring (bicyclic) bond motifs is 1. The number of aromatic hydroxyl groups is 1. The lowest BCUT2D eigenvalue weighted by Gasteiger charge is -2.23. The molecule has 0 spiro atoms. The molecule has 6 nitrogen and oxygen atoms in total. The van der Waals surface area contributed by atoms with Gasteiger partial charge in [-0.3, -0.25) is 4.79 Å². The number of carbonyl (C=O) groups excluding carboxylic acids is 1. The second-order valence-corrected chi connectivity index (χ2v) is 7.34. The number of carbonyl (C=O) groups is 1. The number of hydrogen-bond donors (Lipinski definition) is 2. The summed E-state index contributed by atoms with van der Waals surface area (Å²) in [7, 11) is 0. The molecule has 2 N–H and O–H groups in total. The number of ketones is 1. The monoisotopic (exact) mass is 372 g/mol. The summed E-state index contributed by atoms with van der Waals surface area (Å²) >= 11 is 0. The van der Waals surface area contributed by atoms with Crippen LogP contribution in [0.25, 0.3) is 16.7 Å². The molecular formula is C21H24O6. The van der Waals surface area contributed by atoms with E-state index in [-0.39, 0.29) is 46.9 Å². The van der Waals surface area contributed by atoms with E-state index in [2.05, 4.69) is 0 Å². The molecule has 2 heterocycles. The van der Waals surface area contributed by atoms with Crippen molar-refractivity contribution in [3.63, 3.8) is 0 Å². The predicted molar refractivity (Wildman–Crippen MR) is 102 cm³/mol. The summed E-state index contributed by atoms with van der Waals surface area (Å²) in [5, 5.41) is 21.2. The molecule has 0 saturated carbocycles. The Balaban J connectivity index is 2.36. The van der Waals surface area contributed by atoms with Gasteiger partial charge in [0.15, 0.2) is 5.78 Å². The van der Waals surface area contributed by atoms with Crippen LogP contribution in [0.3, 0.4) is 0 Å². The molecule has 0 amide bonds. The van der Waals surface area contributed by atoms with Crippen LogP contribution in [0.1, 0.15) is 55.4 Å². The number of aliphatic hydroxyl groups is 1. The summed E-state index contributed by atoms with van der Waals surface area (Å²) in [5.74, 6) is -0.188. The highest BCUT2D eigenvalue weighted by molar-refractivity contribution is 5.98. The maximum absolute atomic E-state index is 12.6. The van der Waals surface area contributed by atoms with Crippen LogP contribution in [0, 0.1) is 13.8 Å². The second-order valence-electron chi connectivity index (χ2n) is 7.34. The van der Waals surface area contributed by atoms with Gasteiger partial charge in [-0.2, -0.15) is 0 Å². The van der Waals surface area contributed by atoms with Crippen molar-refractivity contribution in [3.05, 3.63) is 44.8 Å². The standard InChI is InChI=1S/C21H24O6/c1-9-6-14(23)7-17(26-9)15-8-16-18(10(2)13(5)22)11(3)19(24)12(4)20(16)27-21(15)25/h7-10,13,22,24H,6H2,1-5H3/t9?,10-,13+/m0/s1. The van der Waals surface area contributed by atoms with Crippen LogP contribution in [-0.2, 0) is 9.53 Å². The van der Waals surface area contributed by atoms with Crippen molar-refractivity contribution in [3.8, 4) is 5.75 Å². The molecule has 3 rings (SSSR count). The van der Waals surface area contributed by atoms with Crippen LogP contribution in [-0.4, -0.2) is 28.2 Å². The first-order chi connectivity index (χ1) is 12.6. The van der Waals surface area contributed by atoms with Crippen LogP contribution < -0.4 is 5.63 Å². The van der Waals surface area contributed by atoms with E-state index >= 15 is 0 Å². The summed E-state index contributed by atoms with van der Waals surface area (Å²) in [6, 6.07) is 1.63. The highest BCUT2D eigenvalue weighted by Gasteiger charge is 2.26. The number of hydrogen-bond acceptors (Lipinski definition) is 6. The number of rotatable bonds is 3. The molecule has 1 aliphatic heterocycles. The van der Waals surface area contributed by atoms with E-state index in [1.54, 1.807) is 33.8 Å². The average molecular weight is 372 g/mol. The van der Waals surface area contributed by atoms with Crippen LogP contribution in [0.4, 0.5) is 0 Å². The molecule has 27 heavy (non-hydrogen) atoms. The summed E-state index contributed by atoms with van der Waals surface area (Å²) in [6.45, 7) is 8.71. The lowest BCUT2D eigenvalue weighted by molar-refractivity contribution is -0.117. The molecule has 0 aliphatic carbocycles. The van der Waals surface area contributed by atoms with Gasteiger partial charge < -0.3 is 19.4 Å². The van der Waals surface area contributed by atoms with Crippen molar-refractivity contribution < 1.29 is 24.2 Å². The molecule has 1 aliphatic rings. The zero-order chi connectivity index (χ0) is 20.0. The SMILES string of the molecule is Cc1c(O)c(C)c2oc(=O)c(C3=CC(=O)CC(C)O3)cc2c1[C@@H](C)[C@@H](C)O.